The van der Waals surface area contributed by atoms with Crippen LogP contribution in [0.1, 0.15) is 0 Å². The van der Waals surface area contributed by atoms with Crippen LogP contribution in [0.4, 0.5) is 11.4 Å². The van der Waals surface area contributed by atoms with Gasteiger partial charge in [0.05, 0.1) is 27.3 Å². The summed E-state index contributed by atoms with van der Waals surface area (Å²) in [5, 5.41) is 11.1. The van der Waals surface area contributed by atoms with E-state index in [1.54, 1.807) is 36.4 Å². The molecule has 4 aromatic carbocycles. The number of hydrogen-bond acceptors (Lipinski definition) is 6. The van der Waals surface area contributed by atoms with Crippen LogP contribution in [0.25, 0.3) is 33.5 Å². The predicted molar refractivity (Wildman–Crippen MR) is 128 cm³/mol. The fraction of sp³-hybridized carbons (Fsp3) is 0. The maximum atomic E-state index is 11.1. The Balaban J connectivity index is 1.62. The zero-order valence-electron chi connectivity index (χ0n) is 17.4. The van der Waals surface area contributed by atoms with Gasteiger partial charge in [-0.05, 0) is 48.5 Å². The van der Waals surface area contributed by atoms with Gasteiger partial charge >= 0.3 is 0 Å². The number of nitrogens with zero attached hydrogens (tertiary/aromatic N) is 3. The van der Waals surface area contributed by atoms with E-state index in [1.165, 1.54) is 12.1 Å². The summed E-state index contributed by atoms with van der Waals surface area (Å²) in [6, 6.07) is 28.7. The first-order valence-corrected chi connectivity index (χ1v) is 10.2. The van der Waals surface area contributed by atoms with Gasteiger partial charge in [-0.15, -0.1) is 0 Å². The molecule has 160 valence electrons. The molecule has 0 saturated carbocycles. The first kappa shape index (κ1) is 20.1. The number of fused-ring (bicyclic) bond motifs is 1. The smallest absolute Gasteiger partial charge is 0.269 e. The molecule has 1 heterocycles. The number of hydrogen-bond donors (Lipinski definition) is 1. The zero-order chi connectivity index (χ0) is 22.8. The van der Waals surface area contributed by atoms with E-state index >= 15 is 0 Å². The number of rotatable bonds is 5. The second-order valence-electron chi connectivity index (χ2n) is 7.41. The van der Waals surface area contributed by atoms with Crippen molar-refractivity contribution < 1.29 is 9.66 Å². The van der Waals surface area contributed by atoms with Gasteiger partial charge in [0.1, 0.15) is 11.5 Å². The van der Waals surface area contributed by atoms with Gasteiger partial charge in [-0.25, -0.2) is 9.97 Å². The van der Waals surface area contributed by atoms with Crippen molar-refractivity contribution in [2.45, 2.75) is 0 Å². The molecule has 5 rings (SSSR count). The lowest BCUT2D eigenvalue weighted by Gasteiger charge is -2.12. The van der Waals surface area contributed by atoms with Gasteiger partial charge in [0.25, 0.3) is 5.69 Å². The van der Waals surface area contributed by atoms with Gasteiger partial charge < -0.3 is 10.5 Å². The van der Waals surface area contributed by atoms with Crippen LogP contribution < -0.4 is 10.5 Å². The number of nitro benzene ring substituents is 1. The van der Waals surface area contributed by atoms with Crippen LogP contribution in [0.3, 0.4) is 0 Å². The molecule has 0 atom stereocenters. The number of aromatic nitrogens is 2. The highest BCUT2D eigenvalue weighted by molar-refractivity contribution is 5.87. The highest BCUT2D eigenvalue weighted by Gasteiger charge is 2.15. The highest BCUT2D eigenvalue weighted by Crippen LogP contribution is 2.33. The van der Waals surface area contributed by atoms with Crippen molar-refractivity contribution in [2.75, 3.05) is 5.73 Å². The van der Waals surface area contributed by atoms with E-state index in [-0.39, 0.29) is 5.69 Å². The Bertz CT molecular complexity index is 1450. The summed E-state index contributed by atoms with van der Waals surface area (Å²) in [4.78, 5) is 20.4. The molecule has 5 aromatic rings. The summed E-state index contributed by atoms with van der Waals surface area (Å²) in [6.07, 6.45) is 0. The molecule has 0 aliphatic heterocycles. The molecular formula is C26H18N4O3. The third kappa shape index (κ3) is 4.20. The Hall–Kier alpha value is -4.78. The van der Waals surface area contributed by atoms with E-state index in [9.17, 15) is 10.1 Å². The minimum Gasteiger partial charge on any atom is -0.457 e. The number of ether oxygens (including phenoxy) is 1. The van der Waals surface area contributed by atoms with E-state index in [0.717, 1.165) is 11.1 Å². The maximum Gasteiger partial charge on any atom is 0.269 e. The van der Waals surface area contributed by atoms with E-state index in [0.29, 0.717) is 39.6 Å². The van der Waals surface area contributed by atoms with Crippen molar-refractivity contribution in [1.82, 2.24) is 9.97 Å². The van der Waals surface area contributed by atoms with Crippen LogP contribution in [0.5, 0.6) is 11.5 Å². The van der Waals surface area contributed by atoms with Crippen molar-refractivity contribution in [3.8, 4) is 34.0 Å². The Labute approximate surface area is 189 Å². The fourth-order valence-corrected chi connectivity index (χ4v) is 3.51. The lowest BCUT2D eigenvalue weighted by molar-refractivity contribution is -0.384. The quantitative estimate of drug-likeness (QED) is 0.199. The topological polar surface area (TPSA) is 104 Å². The van der Waals surface area contributed by atoms with Crippen LogP contribution in [-0.2, 0) is 0 Å². The molecule has 0 unspecified atom stereocenters. The minimum absolute atomic E-state index is 0.0261. The van der Waals surface area contributed by atoms with Crippen molar-refractivity contribution in [3.63, 3.8) is 0 Å². The highest BCUT2D eigenvalue weighted by atomic mass is 16.6. The molecule has 0 bridgehead atoms. The average Bonchev–Trinajstić information content (AvgIpc) is 2.85. The minimum atomic E-state index is -0.420. The molecule has 0 fully saturated rings. The third-order valence-electron chi connectivity index (χ3n) is 5.15. The van der Waals surface area contributed by atoms with E-state index in [1.807, 2.05) is 48.5 Å². The number of nitrogen functional groups attached to an aromatic ring is 1. The lowest BCUT2D eigenvalue weighted by Crippen LogP contribution is -1.96. The second kappa shape index (κ2) is 8.39. The van der Waals surface area contributed by atoms with Crippen LogP contribution in [0.2, 0.25) is 0 Å². The van der Waals surface area contributed by atoms with Gasteiger partial charge in [0.2, 0.25) is 0 Å². The molecule has 7 nitrogen and oxygen atoms in total. The van der Waals surface area contributed by atoms with Crippen LogP contribution >= 0.6 is 0 Å². The Morgan fingerprint density at radius 3 is 1.97 bits per heavy atom. The monoisotopic (exact) mass is 434 g/mol. The molecular weight excluding hydrogens is 416 g/mol. The normalized spacial score (nSPS) is 10.8. The van der Waals surface area contributed by atoms with Gasteiger partial charge in [-0.1, -0.05) is 30.3 Å². The summed E-state index contributed by atoms with van der Waals surface area (Å²) in [6.45, 7) is 0. The van der Waals surface area contributed by atoms with Crippen molar-refractivity contribution in [1.29, 1.82) is 0 Å². The average molecular weight is 434 g/mol. The molecule has 1 aromatic heterocycles. The van der Waals surface area contributed by atoms with Crippen LogP contribution in [0, 0.1) is 10.1 Å². The first-order chi connectivity index (χ1) is 16.1. The third-order valence-corrected chi connectivity index (χ3v) is 5.15. The number of benzene rings is 4. The van der Waals surface area contributed by atoms with Crippen LogP contribution in [0.15, 0.2) is 97.1 Å². The molecule has 0 aliphatic carbocycles. The fourth-order valence-electron chi connectivity index (χ4n) is 3.51. The summed E-state index contributed by atoms with van der Waals surface area (Å²) in [7, 11) is 0. The standard InChI is InChI=1S/C26H18N4O3/c27-19-8-12-21(13-9-19)33-22-14-15-23-24(16-22)29-25(17-4-2-1-3-5-17)26(28-23)18-6-10-20(11-7-18)30(31)32/h1-16H,27H2. The summed E-state index contributed by atoms with van der Waals surface area (Å²) < 4.78 is 5.95. The number of nitrogens with two attached hydrogens (primary N) is 1. The van der Waals surface area contributed by atoms with Crippen molar-refractivity contribution in [2.24, 2.45) is 0 Å². The summed E-state index contributed by atoms with van der Waals surface area (Å²) in [5.41, 5.74) is 10.8. The molecule has 33 heavy (non-hydrogen) atoms. The van der Waals surface area contributed by atoms with Crippen LogP contribution in [-0.4, -0.2) is 14.9 Å². The van der Waals surface area contributed by atoms with E-state index < -0.39 is 4.92 Å². The van der Waals surface area contributed by atoms with Gasteiger partial charge in [-0.2, -0.15) is 0 Å². The number of non-ortho nitro benzene ring substituents is 1. The second-order valence-corrected chi connectivity index (χ2v) is 7.41. The summed E-state index contributed by atoms with van der Waals surface area (Å²) >= 11 is 0. The predicted octanol–water partition coefficient (Wildman–Crippen LogP) is 6.25. The number of anilines is 1. The molecule has 0 amide bonds. The Morgan fingerprint density at radius 1 is 0.697 bits per heavy atom. The molecule has 2 N–H and O–H groups in total. The Morgan fingerprint density at radius 2 is 1.30 bits per heavy atom. The van der Waals surface area contributed by atoms with Gasteiger partial charge in [-0.3, -0.25) is 10.1 Å². The molecule has 0 radical (unpaired) electrons. The van der Waals surface area contributed by atoms with Gasteiger partial charge in [0.15, 0.2) is 0 Å². The largest absolute Gasteiger partial charge is 0.457 e. The first-order valence-electron chi connectivity index (χ1n) is 10.2. The maximum absolute atomic E-state index is 11.1. The molecule has 0 spiro atoms. The van der Waals surface area contributed by atoms with E-state index in [4.69, 9.17) is 20.4 Å². The summed E-state index contributed by atoms with van der Waals surface area (Å²) in [5.74, 6) is 1.30. The SMILES string of the molecule is Nc1ccc(Oc2ccc3nc(-c4ccc([N+](=O)[O-])cc4)c(-c4ccccc4)nc3c2)cc1. The van der Waals surface area contributed by atoms with Crippen molar-refractivity contribution >= 4 is 22.4 Å². The number of nitro groups is 1. The molecule has 0 saturated heterocycles. The lowest BCUT2D eigenvalue weighted by atomic mass is 10.0. The zero-order valence-corrected chi connectivity index (χ0v) is 17.4. The Kier molecular flexibility index (Phi) is 5.12. The molecule has 7 heteroatoms. The molecule has 0 aliphatic rings. The van der Waals surface area contributed by atoms with Gasteiger partial charge in [0, 0.05) is 35.0 Å². The van der Waals surface area contributed by atoms with E-state index in [2.05, 4.69) is 0 Å². The van der Waals surface area contributed by atoms with Crippen molar-refractivity contribution in [3.05, 3.63) is 107 Å².